The quantitative estimate of drug-likeness (QED) is 0.904. The van der Waals surface area contributed by atoms with Crippen LogP contribution >= 0.6 is 0 Å². The molecule has 4 nitrogen and oxygen atoms in total. The minimum absolute atomic E-state index is 0.222. The van der Waals surface area contributed by atoms with E-state index >= 15 is 0 Å². The highest BCUT2D eigenvalue weighted by molar-refractivity contribution is 7.90. The molecule has 1 aromatic carbocycles. The fourth-order valence-corrected chi connectivity index (χ4v) is 4.41. The molecule has 6 heteroatoms. The monoisotopic (exact) mass is 313 g/mol. The highest BCUT2D eigenvalue weighted by Crippen LogP contribution is 2.47. The molecule has 1 saturated carbocycles. The van der Waals surface area contributed by atoms with E-state index in [9.17, 15) is 12.8 Å². The summed E-state index contributed by atoms with van der Waals surface area (Å²) in [5, 5.41) is -0.366. The summed E-state index contributed by atoms with van der Waals surface area (Å²) < 4.78 is 45.9. The summed E-state index contributed by atoms with van der Waals surface area (Å²) in [6.07, 6.45) is 2.88. The number of ether oxygens (including phenoxy) is 1. The van der Waals surface area contributed by atoms with Crippen molar-refractivity contribution in [2.75, 3.05) is 19.8 Å². The van der Waals surface area contributed by atoms with Crippen LogP contribution in [0.1, 0.15) is 31.2 Å². The Labute approximate surface area is 124 Å². The molecular formula is C15H20FNO3S. The number of halogens is 1. The Hall–Kier alpha value is -0.980. The van der Waals surface area contributed by atoms with Gasteiger partial charge in [-0.2, -0.15) is 0 Å². The zero-order valence-corrected chi connectivity index (χ0v) is 12.7. The molecule has 1 saturated heterocycles. The second-order valence-electron chi connectivity index (χ2n) is 5.97. The van der Waals surface area contributed by atoms with Gasteiger partial charge >= 0.3 is 0 Å². The third kappa shape index (κ3) is 3.27. The van der Waals surface area contributed by atoms with Crippen LogP contribution in [0.4, 0.5) is 4.39 Å². The second kappa shape index (κ2) is 5.66. The van der Waals surface area contributed by atoms with Gasteiger partial charge in [0.2, 0.25) is 10.0 Å². The Morgan fingerprint density at radius 2 is 2.00 bits per heavy atom. The minimum atomic E-state index is -3.32. The molecule has 0 amide bonds. The summed E-state index contributed by atoms with van der Waals surface area (Å²) in [4.78, 5) is 0. The van der Waals surface area contributed by atoms with Crippen molar-refractivity contribution in [2.45, 2.75) is 36.3 Å². The number of sulfonamides is 1. The van der Waals surface area contributed by atoms with Crippen molar-refractivity contribution in [3.05, 3.63) is 35.6 Å². The zero-order valence-electron chi connectivity index (χ0n) is 11.8. The molecule has 1 aliphatic heterocycles. The van der Waals surface area contributed by atoms with Gasteiger partial charge in [-0.1, -0.05) is 12.1 Å². The lowest BCUT2D eigenvalue weighted by atomic mass is 9.96. The van der Waals surface area contributed by atoms with Crippen molar-refractivity contribution >= 4 is 10.0 Å². The Bertz CT molecular complexity index is 607. The average Bonchev–Trinajstić information content (AvgIpc) is 3.28. The van der Waals surface area contributed by atoms with Crippen molar-refractivity contribution in [3.63, 3.8) is 0 Å². The van der Waals surface area contributed by atoms with Crippen LogP contribution in [0.25, 0.3) is 0 Å². The highest BCUT2D eigenvalue weighted by Gasteiger charge is 2.45. The molecule has 0 aromatic heterocycles. The first kappa shape index (κ1) is 14.9. The van der Waals surface area contributed by atoms with Crippen molar-refractivity contribution in [1.29, 1.82) is 0 Å². The van der Waals surface area contributed by atoms with Crippen molar-refractivity contribution in [2.24, 2.45) is 0 Å². The van der Waals surface area contributed by atoms with Crippen LogP contribution in [0.15, 0.2) is 24.3 Å². The first-order valence-corrected chi connectivity index (χ1v) is 8.89. The Morgan fingerprint density at radius 1 is 1.29 bits per heavy atom. The molecule has 1 aromatic rings. The van der Waals surface area contributed by atoms with Gasteiger partial charge in [-0.05, 0) is 43.4 Å². The SMILES string of the molecule is O=S(=O)(NCC1(c2cccc(F)c2)CC1)C1CCOCC1. The first-order chi connectivity index (χ1) is 10.0. The van der Waals surface area contributed by atoms with Crippen molar-refractivity contribution in [1.82, 2.24) is 4.72 Å². The summed E-state index contributed by atoms with van der Waals surface area (Å²) in [6, 6.07) is 6.47. The average molecular weight is 313 g/mol. The van der Waals surface area contributed by atoms with E-state index in [0.717, 1.165) is 18.4 Å². The standard InChI is InChI=1S/C15H20FNO3S/c16-13-3-1-2-12(10-13)15(6-7-15)11-17-21(18,19)14-4-8-20-9-5-14/h1-3,10,14,17H,4-9,11H2. The normalized spacial score (nSPS) is 22.1. The lowest BCUT2D eigenvalue weighted by molar-refractivity contribution is 0.0981. The van der Waals surface area contributed by atoms with Crippen LogP contribution in [-0.4, -0.2) is 33.4 Å². The summed E-state index contributed by atoms with van der Waals surface area (Å²) in [5.41, 5.74) is 0.664. The summed E-state index contributed by atoms with van der Waals surface area (Å²) in [7, 11) is -3.32. The number of rotatable bonds is 5. The molecule has 0 bridgehead atoms. The lowest BCUT2D eigenvalue weighted by Crippen LogP contribution is -2.41. The number of hydrogen-bond donors (Lipinski definition) is 1. The van der Waals surface area contributed by atoms with Gasteiger partial charge in [0.25, 0.3) is 0 Å². The first-order valence-electron chi connectivity index (χ1n) is 7.34. The van der Waals surface area contributed by atoms with Gasteiger partial charge in [0, 0.05) is 25.2 Å². The summed E-state index contributed by atoms with van der Waals surface area (Å²) in [5.74, 6) is -0.272. The summed E-state index contributed by atoms with van der Waals surface area (Å²) >= 11 is 0. The molecule has 116 valence electrons. The maximum Gasteiger partial charge on any atom is 0.214 e. The van der Waals surface area contributed by atoms with E-state index in [2.05, 4.69) is 4.72 Å². The van der Waals surface area contributed by atoms with Crippen molar-refractivity contribution < 1.29 is 17.5 Å². The van der Waals surface area contributed by atoms with Crippen LogP contribution in [0.5, 0.6) is 0 Å². The van der Waals surface area contributed by atoms with E-state index in [1.54, 1.807) is 6.07 Å². The number of hydrogen-bond acceptors (Lipinski definition) is 3. The Kier molecular flexibility index (Phi) is 4.03. The molecule has 0 radical (unpaired) electrons. The predicted molar refractivity (Wildman–Crippen MR) is 78.1 cm³/mol. The van der Waals surface area contributed by atoms with Gasteiger partial charge in [0.1, 0.15) is 5.82 Å². The van der Waals surface area contributed by atoms with Crippen LogP contribution in [0.2, 0.25) is 0 Å². The van der Waals surface area contributed by atoms with E-state index in [4.69, 9.17) is 4.74 Å². The highest BCUT2D eigenvalue weighted by atomic mass is 32.2. The van der Waals surface area contributed by atoms with Gasteiger partial charge in [-0.15, -0.1) is 0 Å². The largest absolute Gasteiger partial charge is 0.381 e. The molecule has 1 aliphatic carbocycles. The third-order valence-corrected chi connectivity index (χ3v) is 6.41. The molecule has 0 spiro atoms. The van der Waals surface area contributed by atoms with E-state index in [1.165, 1.54) is 12.1 Å². The van der Waals surface area contributed by atoms with Crippen LogP contribution in [0, 0.1) is 5.82 Å². The van der Waals surface area contributed by atoms with Gasteiger partial charge in [-0.25, -0.2) is 17.5 Å². The van der Waals surface area contributed by atoms with E-state index in [1.807, 2.05) is 6.07 Å². The van der Waals surface area contributed by atoms with E-state index < -0.39 is 10.0 Å². The van der Waals surface area contributed by atoms with Gasteiger partial charge in [0.15, 0.2) is 0 Å². The lowest BCUT2D eigenvalue weighted by Gasteiger charge is -2.24. The second-order valence-corrected chi connectivity index (χ2v) is 8.01. The van der Waals surface area contributed by atoms with Gasteiger partial charge < -0.3 is 4.74 Å². The fraction of sp³-hybridized carbons (Fsp3) is 0.600. The van der Waals surface area contributed by atoms with Gasteiger partial charge in [0.05, 0.1) is 5.25 Å². The molecule has 1 heterocycles. The molecular weight excluding hydrogens is 293 g/mol. The molecule has 3 rings (SSSR count). The zero-order chi connectivity index (χ0) is 14.9. The predicted octanol–water partition coefficient (Wildman–Crippen LogP) is 1.96. The van der Waals surface area contributed by atoms with E-state index in [0.29, 0.717) is 32.6 Å². The maximum atomic E-state index is 13.3. The van der Waals surface area contributed by atoms with E-state index in [-0.39, 0.29) is 16.5 Å². The number of benzene rings is 1. The smallest absolute Gasteiger partial charge is 0.214 e. The van der Waals surface area contributed by atoms with Crippen LogP contribution < -0.4 is 4.72 Å². The Balaban J connectivity index is 1.67. The molecule has 21 heavy (non-hydrogen) atoms. The fourth-order valence-electron chi connectivity index (χ4n) is 2.88. The minimum Gasteiger partial charge on any atom is -0.381 e. The summed E-state index contributed by atoms with van der Waals surface area (Å²) in [6.45, 7) is 1.36. The number of nitrogens with one attached hydrogen (secondary N) is 1. The molecule has 2 aliphatic rings. The Morgan fingerprint density at radius 3 is 2.62 bits per heavy atom. The molecule has 1 N–H and O–H groups in total. The third-order valence-electron chi connectivity index (χ3n) is 4.51. The van der Waals surface area contributed by atoms with Crippen LogP contribution in [-0.2, 0) is 20.2 Å². The molecule has 2 fully saturated rings. The van der Waals surface area contributed by atoms with Crippen molar-refractivity contribution in [3.8, 4) is 0 Å². The maximum absolute atomic E-state index is 13.3. The molecule has 0 unspecified atom stereocenters. The topological polar surface area (TPSA) is 55.4 Å². The molecule has 0 atom stereocenters. The van der Waals surface area contributed by atoms with Crippen LogP contribution in [0.3, 0.4) is 0 Å². The van der Waals surface area contributed by atoms with Gasteiger partial charge in [-0.3, -0.25) is 0 Å².